The van der Waals surface area contributed by atoms with Crippen molar-refractivity contribution in [2.75, 3.05) is 12.1 Å². The molecule has 8 heteroatoms. The Labute approximate surface area is 182 Å². The third kappa shape index (κ3) is 4.75. The van der Waals surface area contributed by atoms with E-state index in [0.29, 0.717) is 11.5 Å². The lowest BCUT2D eigenvalue weighted by Gasteiger charge is -2.11. The van der Waals surface area contributed by atoms with E-state index >= 15 is 0 Å². The average molecular weight is 436 g/mol. The molecule has 2 N–H and O–H groups in total. The number of benzene rings is 3. The number of para-hydroxylation sites is 1. The summed E-state index contributed by atoms with van der Waals surface area (Å²) in [5.41, 5.74) is 1.00. The molecule has 0 atom stereocenters. The number of halogens is 2. The molecule has 0 aliphatic carbocycles. The predicted octanol–water partition coefficient (Wildman–Crippen LogP) is 4.28. The van der Waals surface area contributed by atoms with E-state index in [1.807, 2.05) is 6.07 Å². The summed E-state index contributed by atoms with van der Waals surface area (Å²) in [5, 5.41) is 5.35. The molecule has 0 saturated heterocycles. The number of hydrogen-bond acceptors (Lipinski definition) is 4. The van der Waals surface area contributed by atoms with Gasteiger partial charge in [0.25, 0.3) is 5.91 Å². The van der Waals surface area contributed by atoms with E-state index in [4.69, 9.17) is 9.47 Å². The molecule has 4 rings (SSSR count). The lowest BCUT2D eigenvalue weighted by molar-refractivity contribution is -0.111. The quantitative estimate of drug-likeness (QED) is 0.566. The van der Waals surface area contributed by atoms with Crippen molar-refractivity contribution in [2.24, 2.45) is 0 Å². The van der Waals surface area contributed by atoms with Crippen molar-refractivity contribution in [3.63, 3.8) is 0 Å². The Morgan fingerprint density at radius 2 is 1.69 bits per heavy atom. The van der Waals surface area contributed by atoms with Crippen molar-refractivity contribution in [1.82, 2.24) is 5.32 Å². The first-order valence-electron chi connectivity index (χ1n) is 9.70. The molecule has 162 valence electrons. The Bertz CT molecular complexity index is 1190. The van der Waals surface area contributed by atoms with Crippen LogP contribution in [0.4, 0.5) is 14.5 Å². The first kappa shape index (κ1) is 21.0. The summed E-state index contributed by atoms with van der Waals surface area (Å²) in [6, 6.07) is 15.2. The highest BCUT2D eigenvalue weighted by atomic mass is 19.1. The van der Waals surface area contributed by atoms with E-state index in [9.17, 15) is 18.4 Å². The second kappa shape index (κ2) is 9.30. The van der Waals surface area contributed by atoms with E-state index in [1.54, 1.807) is 36.4 Å². The summed E-state index contributed by atoms with van der Waals surface area (Å²) in [5.74, 6) is -1.33. The van der Waals surface area contributed by atoms with Crippen LogP contribution < -0.4 is 20.1 Å². The predicted molar refractivity (Wildman–Crippen MR) is 114 cm³/mol. The van der Waals surface area contributed by atoms with E-state index < -0.39 is 23.4 Å². The number of hydrogen-bond donors (Lipinski definition) is 2. The van der Waals surface area contributed by atoms with Crippen LogP contribution in [0, 0.1) is 11.6 Å². The van der Waals surface area contributed by atoms with Crippen molar-refractivity contribution in [1.29, 1.82) is 0 Å². The Hall–Kier alpha value is -4.20. The molecular formula is C24H18F2N2O4. The van der Waals surface area contributed by atoms with Gasteiger partial charge in [-0.3, -0.25) is 9.59 Å². The minimum Gasteiger partial charge on any atom is -0.454 e. The van der Waals surface area contributed by atoms with Crippen LogP contribution in [-0.4, -0.2) is 18.6 Å². The standard InChI is InChI=1S/C24H18F2N2O4/c25-18-5-3-6-19(26)16(18)9-11-23(29)28-20-7-2-1-4-17(20)24(30)27-13-15-8-10-21-22(12-15)32-14-31-21/h1-12H,13-14H2,(H,27,30)(H,28,29)/b11-9+. The Morgan fingerprint density at radius 3 is 2.50 bits per heavy atom. The monoisotopic (exact) mass is 436 g/mol. The van der Waals surface area contributed by atoms with Crippen molar-refractivity contribution in [3.05, 3.63) is 95.1 Å². The molecule has 1 aliphatic rings. The van der Waals surface area contributed by atoms with E-state index in [2.05, 4.69) is 10.6 Å². The maximum atomic E-state index is 13.7. The van der Waals surface area contributed by atoms with E-state index in [-0.39, 0.29) is 30.2 Å². The fraction of sp³-hybridized carbons (Fsp3) is 0.0833. The molecule has 0 aromatic heterocycles. The van der Waals surface area contributed by atoms with Gasteiger partial charge >= 0.3 is 0 Å². The highest BCUT2D eigenvalue weighted by molar-refractivity contribution is 6.07. The van der Waals surface area contributed by atoms with Crippen LogP contribution in [0.15, 0.2) is 66.7 Å². The third-order valence-electron chi connectivity index (χ3n) is 4.72. The molecule has 0 fully saturated rings. The highest BCUT2D eigenvalue weighted by Gasteiger charge is 2.15. The summed E-state index contributed by atoms with van der Waals surface area (Å²) in [7, 11) is 0. The second-order valence-corrected chi connectivity index (χ2v) is 6.87. The fourth-order valence-electron chi connectivity index (χ4n) is 3.12. The molecule has 1 aliphatic heterocycles. The van der Waals surface area contributed by atoms with Gasteiger partial charge < -0.3 is 20.1 Å². The lowest BCUT2D eigenvalue weighted by Crippen LogP contribution is -2.24. The van der Waals surface area contributed by atoms with Gasteiger partial charge in [-0.1, -0.05) is 24.3 Å². The molecule has 0 saturated carbocycles. The number of rotatable bonds is 6. The van der Waals surface area contributed by atoms with Crippen LogP contribution in [-0.2, 0) is 11.3 Å². The molecule has 0 radical (unpaired) electrons. The van der Waals surface area contributed by atoms with Crippen LogP contribution in [0.1, 0.15) is 21.5 Å². The largest absolute Gasteiger partial charge is 0.454 e. The van der Waals surface area contributed by atoms with Gasteiger partial charge in [0.15, 0.2) is 11.5 Å². The number of nitrogens with one attached hydrogen (secondary N) is 2. The zero-order valence-corrected chi connectivity index (χ0v) is 16.7. The van der Waals surface area contributed by atoms with E-state index in [1.165, 1.54) is 6.07 Å². The summed E-state index contributed by atoms with van der Waals surface area (Å²) < 4.78 is 38.0. The van der Waals surface area contributed by atoms with Gasteiger partial charge in [0.05, 0.1) is 11.3 Å². The molecule has 6 nitrogen and oxygen atoms in total. The van der Waals surface area contributed by atoms with Gasteiger partial charge in [0, 0.05) is 18.2 Å². The smallest absolute Gasteiger partial charge is 0.253 e. The SMILES string of the molecule is O=C(/C=C/c1c(F)cccc1F)Nc1ccccc1C(=O)NCc1ccc2c(c1)OCO2. The van der Waals surface area contributed by atoms with Crippen LogP contribution in [0.3, 0.4) is 0 Å². The van der Waals surface area contributed by atoms with Gasteiger partial charge in [-0.2, -0.15) is 0 Å². The summed E-state index contributed by atoms with van der Waals surface area (Å²) in [4.78, 5) is 25.0. The molecule has 3 aromatic rings. The molecule has 0 spiro atoms. The molecule has 1 heterocycles. The number of ether oxygens (including phenoxy) is 2. The van der Waals surface area contributed by atoms with Crippen molar-refractivity contribution < 1.29 is 27.8 Å². The minimum absolute atomic E-state index is 0.163. The van der Waals surface area contributed by atoms with Gasteiger partial charge in [-0.25, -0.2) is 8.78 Å². The number of carbonyl (C=O) groups is 2. The molecule has 2 amide bonds. The van der Waals surface area contributed by atoms with Gasteiger partial charge in [-0.15, -0.1) is 0 Å². The number of anilines is 1. The Kier molecular flexibility index (Phi) is 6.12. The molecular weight excluding hydrogens is 418 g/mol. The zero-order valence-electron chi connectivity index (χ0n) is 16.7. The number of carbonyl (C=O) groups excluding carboxylic acids is 2. The zero-order chi connectivity index (χ0) is 22.5. The van der Waals surface area contributed by atoms with Crippen LogP contribution in [0.25, 0.3) is 6.08 Å². The maximum absolute atomic E-state index is 13.7. The third-order valence-corrected chi connectivity index (χ3v) is 4.72. The summed E-state index contributed by atoms with van der Waals surface area (Å²) in [6.45, 7) is 0.403. The number of amides is 2. The molecule has 32 heavy (non-hydrogen) atoms. The highest BCUT2D eigenvalue weighted by Crippen LogP contribution is 2.32. The second-order valence-electron chi connectivity index (χ2n) is 6.87. The van der Waals surface area contributed by atoms with Gasteiger partial charge in [0.1, 0.15) is 11.6 Å². The normalized spacial score (nSPS) is 12.1. The average Bonchev–Trinajstić information content (AvgIpc) is 3.25. The van der Waals surface area contributed by atoms with Gasteiger partial charge in [0.2, 0.25) is 12.7 Å². The van der Waals surface area contributed by atoms with Crippen LogP contribution in [0.2, 0.25) is 0 Å². The Balaban J connectivity index is 1.42. The maximum Gasteiger partial charge on any atom is 0.253 e. The van der Waals surface area contributed by atoms with Gasteiger partial charge in [-0.05, 0) is 48.0 Å². The molecule has 3 aromatic carbocycles. The lowest BCUT2D eigenvalue weighted by atomic mass is 10.1. The molecule has 0 unspecified atom stereocenters. The summed E-state index contributed by atoms with van der Waals surface area (Å²) in [6.07, 6.45) is 2.05. The van der Waals surface area contributed by atoms with Crippen molar-refractivity contribution >= 4 is 23.6 Å². The van der Waals surface area contributed by atoms with E-state index in [0.717, 1.165) is 29.8 Å². The van der Waals surface area contributed by atoms with Crippen molar-refractivity contribution in [2.45, 2.75) is 6.54 Å². The Morgan fingerprint density at radius 1 is 0.938 bits per heavy atom. The number of fused-ring (bicyclic) bond motifs is 1. The first-order chi connectivity index (χ1) is 15.5. The first-order valence-corrected chi connectivity index (χ1v) is 9.70. The fourth-order valence-corrected chi connectivity index (χ4v) is 3.12. The topological polar surface area (TPSA) is 76.7 Å². The minimum atomic E-state index is -0.780. The van der Waals surface area contributed by atoms with Crippen molar-refractivity contribution in [3.8, 4) is 11.5 Å². The van der Waals surface area contributed by atoms with Crippen LogP contribution in [0.5, 0.6) is 11.5 Å². The van der Waals surface area contributed by atoms with Crippen LogP contribution >= 0.6 is 0 Å². The summed E-state index contributed by atoms with van der Waals surface area (Å²) >= 11 is 0. The molecule has 0 bridgehead atoms.